The first-order chi connectivity index (χ1) is 17.2. The summed E-state index contributed by atoms with van der Waals surface area (Å²) in [6.45, 7) is -1.34. The number of anilines is 2. The third-order valence-corrected chi connectivity index (χ3v) is 5.35. The molecular formula is C25H22F3N7O. The fourth-order valence-electron chi connectivity index (χ4n) is 3.62. The van der Waals surface area contributed by atoms with Crippen LogP contribution in [0.3, 0.4) is 0 Å². The number of hydrogen-bond donors (Lipinski definition) is 4. The third-order valence-electron chi connectivity index (χ3n) is 5.35. The van der Waals surface area contributed by atoms with Gasteiger partial charge in [0.1, 0.15) is 18.1 Å². The number of aromatic nitrogens is 3. The van der Waals surface area contributed by atoms with E-state index in [-0.39, 0.29) is 5.69 Å². The smallest absolute Gasteiger partial charge is 0.404 e. The van der Waals surface area contributed by atoms with Crippen molar-refractivity contribution in [1.29, 1.82) is 5.41 Å². The highest BCUT2D eigenvalue weighted by molar-refractivity contribution is 6.08. The molecule has 2 heterocycles. The van der Waals surface area contributed by atoms with Crippen molar-refractivity contribution in [2.24, 2.45) is 5.73 Å². The van der Waals surface area contributed by atoms with Crippen molar-refractivity contribution >= 4 is 40.1 Å². The van der Waals surface area contributed by atoms with E-state index in [1.54, 1.807) is 30.5 Å². The molecule has 8 nitrogen and oxygen atoms in total. The molecule has 0 aliphatic heterocycles. The van der Waals surface area contributed by atoms with Gasteiger partial charge in [0.15, 0.2) is 5.82 Å². The second-order valence-electron chi connectivity index (χ2n) is 8.00. The van der Waals surface area contributed by atoms with Crippen LogP contribution in [0.1, 0.15) is 16.1 Å². The monoisotopic (exact) mass is 493 g/mol. The molecule has 2 aromatic heterocycles. The lowest BCUT2D eigenvalue weighted by Gasteiger charge is -2.17. The summed E-state index contributed by atoms with van der Waals surface area (Å²) >= 11 is 0. The van der Waals surface area contributed by atoms with Gasteiger partial charge in [-0.2, -0.15) is 13.2 Å². The molecule has 1 amide bonds. The number of nitrogens with zero attached hydrogens (tertiary/aromatic N) is 3. The average Bonchev–Trinajstić information content (AvgIpc) is 3.28. The molecule has 0 aliphatic rings. The highest BCUT2D eigenvalue weighted by Crippen LogP contribution is 2.25. The highest BCUT2D eigenvalue weighted by Gasteiger charge is 2.31. The number of carbonyl (C=O) groups is 1. The number of carbonyl (C=O) groups excluding carboxylic acids is 1. The van der Waals surface area contributed by atoms with Crippen LogP contribution in [0, 0.1) is 5.41 Å². The van der Waals surface area contributed by atoms with Gasteiger partial charge < -0.3 is 26.3 Å². The van der Waals surface area contributed by atoms with Crippen molar-refractivity contribution in [3.05, 3.63) is 78.3 Å². The second-order valence-corrected chi connectivity index (χ2v) is 8.00. The quantitative estimate of drug-likeness (QED) is 0.271. The number of nitrogens with one attached hydrogen (secondary N) is 3. The largest absolute Gasteiger partial charge is 0.406 e. The molecule has 0 fully saturated rings. The zero-order chi connectivity index (χ0) is 25.9. The van der Waals surface area contributed by atoms with Crippen LogP contribution in [0.4, 0.5) is 24.7 Å². The molecule has 0 unspecified atom stereocenters. The topological polar surface area (TPSA) is 124 Å². The van der Waals surface area contributed by atoms with Crippen LogP contribution in [0.25, 0.3) is 27.9 Å². The zero-order valence-electron chi connectivity index (χ0n) is 19.1. The Morgan fingerprint density at radius 2 is 1.92 bits per heavy atom. The molecule has 5 N–H and O–H groups in total. The number of nitrogens with two attached hydrogens (primary N) is 1. The first-order valence-electron chi connectivity index (χ1n) is 10.7. The summed E-state index contributed by atoms with van der Waals surface area (Å²) in [5.74, 6) is 0.223. The SMILES string of the molecule is CN(CC(F)(F)F)C(=O)c1cc2cc(-c3nccc(Nc4ccc(/C(C=N)=C/N)cc4)n3)ccc2[nH]1. The molecule has 184 valence electrons. The molecule has 11 heteroatoms. The number of aromatic amines is 1. The summed E-state index contributed by atoms with van der Waals surface area (Å²) in [7, 11) is 1.11. The lowest BCUT2D eigenvalue weighted by Crippen LogP contribution is -2.35. The van der Waals surface area contributed by atoms with Crippen LogP contribution in [-0.2, 0) is 0 Å². The number of halogens is 3. The molecule has 36 heavy (non-hydrogen) atoms. The zero-order valence-corrected chi connectivity index (χ0v) is 19.1. The van der Waals surface area contributed by atoms with E-state index < -0.39 is 18.6 Å². The Balaban J connectivity index is 1.54. The fourth-order valence-corrected chi connectivity index (χ4v) is 3.62. The van der Waals surface area contributed by atoms with Gasteiger partial charge in [-0.25, -0.2) is 9.97 Å². The number of fused-ring (bicyclic) bond motifs is 1. The molecule has 0 spiro atoms. The van der Waals surface area contributed by atoms with Gasteiger partial charge in [-0.05, 0) is 48.0 Å². The molecule has 2 aromatic carbocycles. The Hall–Kier alpha value is -4.67. The normalized spacial score (nSPS) is 11.9. The first-order valence-corrected chi connectivity index (χ1v) is 10.7. The summed E-state index contributed by atoms with van der Waals surface area (Å²) in [4.78, 5) is 24.8. The Labute approximate surface area is 204 Å². The van der Waals surface area contributed by atoms with Gasteiger partial charge in [-0.3, -0.25) is 4.79 Å². The van der Waals surface area contributed by atoms with Gasteiger partial charge in [0.2, 0.25) is 0 Å². The standard InChI is InChI=1S/C25H22F3N7O/c1-35(14-25(26,27)28)24(36)21-11-17-10-16(4-7-20(17)33-21)23-31-9-8-22(34-23)32-19-5-2-15(3-6-19)18(12-29)13-30/h2-13,29,33H,14,30H2,1H3,(H,31,32,34)/b18-13+,29-12?. The van der Waals surface area contributed by atoms with Gasteiger partial charge in [-0.1, -0.05) is 12.1 Å². The van der Waals surface area contributed by atoms with Crippen molar-refractivity contribution in [1.82, 2.24) is 19.9 Å². The number of amides is 1. The maximum absolute atomic E-state index is 12.6. The highest BCUT2D eigenvalue weighted by atomic mass is 19.4. The Kier molecular flexibility index (Phi) is 6.73. The van der Waals surface area contributed by atoms with E-state index in [4.69, 9.17) is 11.1 Å². The van der Waals surface area contributed by atoms with Crippen LogP contribution >= 0.6 is 0 Å². The number of benzene rings is 2. The van der Waals surface area contributed by atoms with Gasteiger partial charge in [-0.15, -0.1) is 0 Å². The van der Waals surface area contributed by atoms with Gasteiger partial charge in [0, 0.05) is 53.4 Å². The van der Waals surface area contributed by atoms with Crippen LogP contribution in [0.2, 0.25) is 0 Å². The number of allylic oxidation sites excluding steroid dienone is 1. The summed E-state index contributed by atoms with van der Waals surface area (Å²) in [5.41, 5.74) is 9.05. The summed E-state index contributed by atoms with van der Waals surface area (Å²) in [6, 6.07) is 15.8. The number of alkyl halides is 3. The number of rotatable bonds is 7. The number of H-pyrrole nitrogens is 1. The van der Waals surface area contributed by atoms with E-state index in [2.05, 4.69) is 20.3 Å². The van der Waals surface area contributed by atoms with E-state index in [1.165, 1.54) is 18.5 Å². The van der Waals surface area contributed by atoms with Crippen molar-refractivity contribution < 1.29 is 18.0 Å². The van der Waals surface area contributed by atoms with Gasteiger partial charge in [0.05, 0.1) is 0 Å². The predicted molar refractivity (Wildman–Crippen MR) is 133 cm³/mol. The van der Waals surface area contributed by atoms with Crippen molar-refractivity contribution in [2.75, 3.05) is 18.9 Å². The maximum Gasteiger partial charge on any atom is 0.406 e. The molecule has 0 saturated heterocycles. The minimum atomic E-state index is -4.48. The molecular weight excluding hydrogens is 471 g/mol. The van der Waals surface area contributed by atoms with E-state index >= 15 is 0 Å². The molecule has 0 aliphatic carbocycles. The van der Waals surface area contributed by atoms with Gasteiger partial charge >= 0.3 is 6.18 Å². The lowest BCUT2D eigenvalue weighted by atomic mass is 10.1. The molecule has 4 rings (SSSR count). The Bertz CT molecular complexity index is 1440. The summed E-state index contributed by atoms with van der Waals surface area (Å²) < 4.78 is 37.9. The maximum atomic E-state index is 12.6. The third kappa shape index (κ3) is 5.52. The minimum absolute atomic E-state index is 0.0596. The fraction of sp³-hybridized carbons (Fsp3) is 0.120. The van der Waals surface area contributed by atoms with Crippen LogP contribution in [-0.4, -0.2) is 51.7 Å². The molecule has 0 radical (unpaired) electrons. The molecule has 0 bridgehead atoms. The number of hydrogen-bond acceptors (Lipinski definition) is 6. The van der Waals surface area contributed by atoms with E-state index in [1.807, 2.05) is 24.3 Å². The van der Waals surface area contributed by atoms with E-state index in [0.29, 0.717) is 38.6 Å². The Morgan fingerprint density at radius 3 is 2.58 bits per heavy atom. The van der Waals surface area contributed by atoms with Crippen molar-refractivity contribution in [2.45, 2.75) is 6.18 Å². The molecule has 0 atom stereocenters. The molecule has 4 aromatic rings. The first kappa shape index (κ1) is 24.5. The van der Waals surface area contributed by atoms with Crippen LogP contribution in [0.15, 0.2) is 67.0 Å². The second kappa shape index (κ2) is 9.90. The summed E-state index contributed by atoms with van der Waals surface area (Å²) in [6.07, 6.45) is -0.327. The summed E-state index contributed by atoms with van der Waals surface area (Å²) in [5, 5.41) is 11.2. The van der Waals surface area contributed by atoms with Gasteiger partial charge in [0.25, 0.3) is 5.91 Å². The van der Waals surface area contributed by atoms with E-state index in [0.717, 1.165) is 18.3 Å². The van der Waals surface area contributed by atoms with Crippen molar-refractivity contribution in [3.63, 3.8) is 0 Å². The van der Waals surface area contributed by atoms with Crippen LogP contribution in [0.5, 0.6) is 0 Å². The lowest BCUT2D eigenvalue weighted by molar-refractivity contribution is -0.138. The minimum Gasteiger partial charge on any atom is -0.404 e. The predicted octanol–water partition coefficient (Wildman–Crippen LogP) is 4.95. The van der Waals surface area contributed by atoms with E-state index in [9.17, 15) is 18.0 Å². The average molecular weight is 493 g/mol. The van der Waals surface area contributed by atoms with Crippen LogP contribution < -0.4 is 11.1 Å². The Morgan fingerprint density at radius 1 is 1.17 bits per heavy atom. The van der Waals surface area contributed by atoms with Crippen molar-refractivity contribution in [3.8, 4) is 11.4 Å². The molecule has 0 saturated carbocycles.